The maximum Gasteiger partial charge on any atom is 0.0872 e. The van der Waals surface area contributed by atoms with Gasteiger partial charge in [0.15, 0.2) is 0 Å². The van der Waals surface area contributed by atoms with E-state index in [4.69, 9.17) is 0 Å². The summed E-state index contributed by atoms with van der Waals surface area (Å²) in [5, 5.41) is 3.75. The van der Waals surface area contributed by atoms with Gasteiger partial charge in [0, 0.05) is 26.9 Å². The minimum absolute atomic E-state index is 0.0181. The van der Waals surface area contributed by atoms with E-state index in [1.165, 1.54) is 26.2 Å². The van der Waals surface area contributed by atoms with Crippen molar-refractivity contribution in [1.82, 2.24) is 0 Å². The van der Waals surface area contributed by atoms with E-state index >= 15 is 0 Å². The maximum absolute atomic E-state index is 2.72. The number of aryl methyl sites for hydroxylation is 1. The second-order valence-corrected chi connectivity index (χ2v) is 11.2. The Morgan fingerprint density at radius 3 is 2.56 bits per heavy atom. The summed E-state index contributed by atoms with van der Waals surface area (Å²) in [6, 6.07) is 9.22. The van der Waals surface area contributed by atoms with E-state index in [2.05, 4.69) is 76.1 Å². The van der Waals surface area contributed by atoms with Gasteiger partial charge in [-0.1, -0.05) is 45.9 Å². The fraction of sp³-hybridized carbons (Fsp3) is 0.455. The van der Waals surface area contributed by atoms with Crippen molar-refractivity contribution in [3.8, 4) is 0 Å². The summed E-state index contributed by atoms with van der Waals surface area (Å²) in [4.78, 5) is 4.30. The molecular formula is C22H25NS2. The van der Waals surface area contributed by atoms with Gasteiger partial charge in [-0.15, -0.1) is 22.7 Å². The lowest BCUT2D eigenvalue weighted by Crippen LogP contribution is -2.61. The molecule has 3 aromatic rings. The predicted molar refractivity (Wildman–Crippen MR) is 111 cm³/mol. The number of nitrogens with zero attached hydrogens (tertiary/aromatic N) is 1. The standard InChI is InChI=1S/C22H25NS2/c1-13-8-7-9-15-18(13)23-12-16-17(14-10-11-24-19(14)25-16)22(23,6)21(4,5)20(15,2)3/h7-11H,12H2,1-6H3. The molecule has 4 heterocycles. The minimum Gasteiger partial charge on any atom is -0.356 e. The van der Waals surface area contributed by atoms with Gasteiger partial charge in [-0.25, -0.2) is 0 Å². The Balaban J connectivity index is 1.91. The third-order valence-corrected chi connectivity index (χ3v) is 9.91. The predicted octanol–water partition coefficient (Wildman–Crippen LogP) is 6.82. The van der Waals surface area contributed by atoms with Crippen molar-refractivity contribution in [3.63, 3.8) is 0 Å². The van der Waals surface area contributed by atoms with Crippen molar-refractivity contribution in [2.45, 2.75) is 59.0 Å². The molecule has 0 amide bonds. The molecule has 0 saturated carbocycles. The zero-order chi connectivity index (χ0) is 17.8. The van der Waals surface area contributed by atoms with Crippen LogP contribution >= 0.6 is 22.7 Å². The van der Waals surface area contributed by atoms with Crippen molar-refractivity contribution in [1.29, 1.82) is 0 Å². The summed E-state index contributed by atoms with van der Waals surface area (Å²) in [5.41, 5.74) is 6.22. The molecule has 0 N–H and O–H groups in total. The van der Waals surface area contributed by atoms with E-state index in [0.29, 0.717) is 0 Å². The molecule has 3 heteroatoms. The summed E-state index contributed by atoms with van der Waals surface area (Å²) >= 11 is 3.91. The Bertz CT molecular complexity index is 1020. The molecular weight excluding hydrogens is 342 g/mol. The number of hydrogen-bond acceptors (Lipinski definition) is 3. The average molecular weight is 368 g/mol. The highest BCUT2D eigenvalue weighted by Gasteiger charge is 2.63. The number of fused-ring (bicyclic) bond motifs is 7. The van der Waals surface area contributed by atoms with Crippen molar-refractivity contribution >= 4 is 37.8 Å². The molecule has 1 nitrogen and oxygen atoms in total. The molecule has 0 bridgehead atoms. The third-order valence-electron chi connectivity index (χ3n) is 7.68. The van der Waals surface area contributed by atoms with Crippen LogP contribution in [0.3, 0.4) is 0 Å². The van der Waals surface area contributed by atoms with Crippen molar-refractivity contribution in [2.75, 3.05) is 4.90 Å². The number of thiophene rings is 2. The molecule has 0 saturated heterocycles. The number of para-hydroxylation sites is 1. The van der Waals surface area contributed by atoms with Gasteiger partial charge in [0.1, 0.15) is 0 Å². The van der Waals surface area contributed by atoms with Crippen molar-refractivity contribution < 1.29 is 0 Å². The van der Waals surface area contributed by atoms with E-state index in [1.54, 1.807) is 10.4 Å². The summed E-state index contributed by atoms with van der Waals surface area (Å²) in [7, 11) is 0. The fourth-order valence-electron chi connectivity index (χ4n) is 5.37. The van der Waals surface area contributed by atoms with Crippen LogP contribution in [0, 0.1) is 12.3 Å². The van der Waals surface area contributed by atoms with E-state index in [0.717, 1.165) is 6.54 Å². The van der Waals surface area contributed by atoms with Crippen LogP contribution in [0.4, 0.5) is 5.69 Å². The number of anilines is 1. The Morgan fingerprint density at radius 1 is 1.04 bits per heavy atom. The topological polar surface area (TPSA) is 3.24 Å². The SMILES string of the molecule is Cc1cccc2c1N1Cc3sc4sccc4c3C1(C)C(C)(C)C2(C)C. The summed E-state index contributed by atoms with van der Waals surface area (Å²) in [5.74, 6) is 0. The molecule has 1 unspecified atom stereocenters. The molecule has 130 valence electrons. The molecule has 0 aliphatic carbocycles. The molecule has 2 aliphatic heterocycles. The third kappa shape index (κ3) is 1.57. The molecule has 2 aliphatic rings. The second kappa shape index (κ2) is 4.50. The lowest BCUT2D eigenvalue weighted by atomic mass is 9.51. The molecule has 5 rings (SSSR count). The van der Waals surface area contributed by atoms with Gasteiger partial charge in [0.2, 0.25) is 0 Å². The zero-order valence-corrected chi connectivity index (χ0v) is 17.5. The lowest BCUT2D eigenvalue weighted by Gasteiger charge is -2.61. The summed E-state index contributed by atoms with van der Waals surface area (Å²) in [6.45, 7) is 15.7. The first-order valence-electron chi connectivity index (χ1n) is 9.08. The zero-order valence-electron chi connectivity index (χ0n) is 15.9. The first-order chi connectivity index (χ1) is 11.7. The van der Waals surface area contributed by atoms with Crippen LogP contribution in [0.5, 0.6) is 0 Å². The first kappa shape index (κ1) is 15.9. The van der Waals surface area contributed by atoms with Crippen LogP contribution in [-0.4, -0.2) is 0 Å². The highest BCUT2D eigenvalue weighted by atomic mass is 32.2. The molecule has 2 aromatic heterocycles. The molecule has 0 spiro atoms. The van der Waals surface area contributed by atoms with Crippen LogP contribution in [0.25, 0.3) is 9.40 Å². The number of rotatable bonds is 0. The Labute approximate surface area is 158 Å². The molecule has 25 heavy (non-hydrogen) atoms. The van der Waals surface area contributed by atoms with Crippen LogP contribution in [0.2, 0.25) is 0 Å². The van der Waals surface area contributed by atoms with Crippen LogP contribution in [-0.2, 0) is 17.5 Å². The smallest absolute Gasteiger partial charge is 0.0872 e. The van der Waals surface area contributed by atoms with Gasteiger partial charge in [-0.2, -0.15) is 0 Å². The molecule has 1 atom stereocenters. The quantitative estimate of drug-likeness (QED) is 0.421. The van der Waals surface area contributed by atoms with Gasteiger partial charge in [-0.3, -0.25) is 0 Å². The lowest BCUT2D eigenvalue weighted by molar-refractivity contribution is 0.0693. The van der Waals surface area contributed by atoms with Gasteiger partial charge in [0.25, 0.3) is 0 Å². The normalized spacial score (nSPS) is 25.8. The molecule has 1 aromatic carbocycles. The van der Waals surface area contributed by atoms with E-state index in [9.17, 15) is 0 Å². The Morgan fingerprint density at radius 2 is 1.80 bits per heavy atom. The Hall–Kier alpha value is -1.32. The Kier molecular flexibility index (Phi) is 2.86. The van der Waals surface area contributed by atoms with Crippen LogP contribution in [0.1, 0.15) is 56.2 Å². The first-order valence-corrected chi connectivity index (χ1v) is 10.8. The van der Waals surface area contributed by atoms with Gasteiger partial charge >= 0.3 is 0 Å². The number of hydrogen-bond donors (Lipinski definition) is 0. The summed E-state index contributed by atoms with van der Waals surface area (Å²) in [6.07, 6.45) is 0. The second-order valence-electron chi connectivity index (χ2n) is 8.90. The van der Waals surface area contributed by atoms with E-state index in [-0.39, 0.29) is 16.4 Å². The van der Waals surface area contributed by atoms with Crippen molar-refractivity contribution in [2.24, 2.45) is 5.41 Å². The number of benzene rings is 1. The largest absolute Gasteiger partial charge is 0.356 e. The van der Waals surface area contributed by atoms with E-state index < -0.39 is 0 Å². The highest BCUT2D eigenvalue weighted by molar-refractivity contribution is 7.37. The van der Waals surface area contributed by atoms with Gasteiger partial charge in [0.05, 0.1) is 16.1 Å². The van der Waals surface area contributed by atoms with Crippen LogP contribution < -0.4 is 4.90 Å². The average Bonchev–Trinajstić information content (AvgIpc) is 3.17. The monoisotopic (exact) mass is 367 g/mol. The van der Waals surface area contributed by atoms with E-state index in [1.807, 2.05) is 22.7 Å². The molecule has 0 fully saturated rings. The highest BCUT2D eigenvalue weighted by Crippen LogP contribution is 2.67. The van der Waals surface area contributed by atoms with Crippen molar-refractivity contribution in [3.05, 3.63) is 51.2 Å². The van der Waals surface area contributed by atoms with Crippen LogP contribution in [0.15, 0.2) is 29.6 Å². The minimum atomic E-state index is 0.0181. The summed E-state index contributed by atoms with van der Waals surface area (Å²) < 4.78 is 1.50. The fourth-order valence-corrected chi connectivity index (χ4v) is 7.77. The van der Waals surface area contributed by atoms with Gasteiger partial charge in [-0.05, 0) is 41.8 Å². The maximum atomic E-state index is 2.72. The molecule has 0 radical (unpaired) electrons. The van der Waals surface area contributed by atoms with Gasteiger partial charge < -0.3 is 4.90 Å².